The van der Waals surface area contributed by atoms with Crippen LogP contribution >= 0.6 is 0 Å². The maximum atomic E-state index is 12.8. The van der Waals surface area contributed by atoms with Crippen LogP contribution in [0.1, 0.15) is 66.0 Å². The van der Waals surface area contributed by atoms with Crippen LogP contribution in [0.3, 0.4) is 0 Å². The highest BCUT2D eigenvalue weighted by atomic mass is 16.1. The molecule has 0 spiro atoms. The number of rotatable bonds is 10. The normalized spacial score (nSPS) is 14.9. The summed E-state index contributed by atoms with van der Waals surface area (Å²) in [4.78, 5) is 28.7. The molecule has 0 atom stereocenters. The van der Waals surface area contributed by atoms with Crippen molar-refractivity contribution in [2.75, 3.05) is 11.4 Å². The van der Waals surface area contributed by atoms with Crippen LogP contribution < -0.4 is 10.2 Å². The van der Waals surface area contributed by atoms with Crippen LogP contribution in [0.2, 0.25) is 0 Å². The van der Waals surface area contributed by atoms with Gasteiger partial charge >= 0.3 is 0 Å². The molecule has 6 nitrogen and oxygen atoms in total. The molecule has 1 aromatic rings. The Morgan fingerprint density at radius 2 is 2.03 bits per heavy atom. The summed E-state index contributed by atoms with van der Waals surface area (Å²) in [6.45, 7) is 14.7. The summed E-state index contributed by atoms with van der Waals surface area (Å²) in [7, 11) is 0. The fourth-order valence-corrected chi connectivity index (χ4v) is 3.64. The fourth-order valence-electron chi connectivity index (χ4n) is 3.64. The Morgan fingerprint density at radius 3 is 2.63 bits per heavy atom. The molecule has 0 aliphatic carbocycles. The number of nitrogens with zero attached hydrogens (tertiary/aromatic N) is 4. The van der Waals surface area contributed by atoms with Gasteiger partial charge in [-0.15, -0.1) is 0 Å². The quantitative estimate of drug-likeness (QED) is 0.445. The third kappa shape index (κ3) is 5.88. The Kier molecular flexibility index (Phi) is 8.96. The van der Waals surface area contributed by atoms with Gasteiger partial charge in [0.05, 0.1) is 11.4 Å². The predicted molar refractivity (Wildman–Crippen MR) is 126 cm³/mol. The van der Waals surface area contributed by atoms with Gasteiger partial charge in [0.25, 0.3) is 5.91 Å². The number of hydrogen-bond donors (Lipinski definition) is 1. The number of fused-ring (bicyclic) bond motifs is 1. The van der Waals surface area contributed by atoms with E-state index in [1.165, 1.54) is 0 Å². The molecule has 1 amide bonds. The molecular formula is C24H35N5O. The van der Waals surface area contributed by atoms with Crippen molar-refractivity contribution in [2.24, 2.45) is 9.98 Å². The molecule has 2 heterocycles. The van der Waals surface area contributed by atoms with Crippen molar-refractivity contribution in [3.8, 4) is 0 Å². The second kappa shape index (κ2) is 11.4. The van der Waals surface area contributed by atoms with Crippen molar-refractivity contribution >= 4 is 23.5 Å². The molecule has 162 valence electrons. The minimum absolute atomic E-state index is 0.135. The van der Waals surface area contributed by atoms with E-state index in [9.17, 15) is 4.79 Å². The first kappa shape index (κ1) is 23.5. The van der Waals surface area contributed by atoms with Gasteiger partial charge < -0.3 is 10.2 Å². The van der Waals surface area contributed by atoms with Gasteiger partial charge in [-0.3, -0.25) is 9.78 Å². The number of carbonyl (C=O) groups excluding carboxylic acids is 1. The van der Waals surface area contributed by atoms with Crippen molar-refractivity contribution in [2.45, 2.75) is 72.8 Å². The second-order valence-electron chi connectivity index (χ2n) is 7.66. The number of aliphatic imine (C=N–C) groups is 2. The lowest BCUT2D eigenvalue weighted by molar-refractivity contribution is -0.115. The Morgan fingerprint density at radius 1 is 1.33 bits per heavy atom. The second-order valence-corrected chi connectivity index (χ2v) is 7.66. The first-order chi connectivity index (χ1) is 14.4. The number of allylic oxidation sites excluding steroid dienone is 1. The summed E-state index contributed by atoms with van der Waals surface area (Å²) in [5.41, 5.74) is 3.88. The van der Waals surface area contributed by atoms with Gasteiger partial charge in [0.1, 0.15) is 11.4 Å². The van der Waals surface area contributed by atoms with Crippen molar-refractivity contribution in [1.82, 2.24) is 10.3 Å². The van der Waals surface area contributed by atoms with Crippen LogP contribution in [0.5, 0.6) is 0 Å². The van der Waals surface area contributed by atoms with E-state index in [2.05, 4.69) is 40.6 Å². The molecule has 0 saturated heterocycles. The van der Waals surface area contributed by atoms with Crippen LogP contribution in [0.15, 0.2) is 52.0 Å². The van der Waals surface area contributed by atoms with E-state index in [1.807, 2.05) is 32.2 Å². The van der Waals surface area contributed by atoms with Gasteiger partial charge in [-0.25, -0.2) is 9.98 Å². The highest BCUT2D eigenvalue weighted by molar-refractivity contribution is 6.38. The van der Waals surface area contributed by atoms with Gasteiger partial charge in [0, 0.05) is 31.4 Å². The van der Waals surface area contributed by atoms with Crippen molar-refractivity contribution < 1.29 is 4.79 Å². The lowest BCUT2D eigenvalue weighted by Gasteiger charge is -2.22. The monoisotopic (exact) mass is 409 g/mol. The summed E-state index contributed by atoms with van der Waals surface area (Å²) < 4.78 is 0. The molecule has 0 unspecified atom stereocenters. The predicted octanol–water partition coefficient (Wildman–Crippen LogP) is 4.83. The summed E-state index contributed by atoms with van der Waals surface area (Å²) >= 11 is 0. The summed E-state index contributed by atoms with van der Waals surface area (Å²) in [5, 5.41) is 3.14. The Balaban J connectivity index is 2.40. The first-order valence-electron chi connectivity index (χ1n) is 10.9. The van der Waals surface area contributed by atoms with Gasteiger partial charge in [-0.1, -0.05) is 33.3 Å². The molecule has 0 radical (unpaired) electrons. The molecule has 1 N–H and O–H groups in total. The number of hydrogen-bond acceptors (Lipinski definition) is 5. The molecule has 30 heavy (non-hydrogen) atoms. The van der Waals surface area contributed by atoms with E-state index < -0.39 is 0 Å². The molecule has 0 aromatic carbocycles. The van der Waals surface area contributed by atoms with E-state index in [1.54, 1.807) is 13.1 Å². The molecule has 0 saturated carbocycles. The van der Waals surface area contributed by atoms with Gasteiger partial charge in [0.15, 0.2) is 5.82 Å². The van der Waals surface area contributed by atoms with Crippen molar-refractivity contribution in [1.29, 1.82) is 0 Å². The average molecular weight is 410 g/mol. The zero-order chi connectivity index (χ0) is 22.1. The van der Waals surface area contributed by atoms with E-state index in [-0.39, 0.29) is 11.9 Å². The van der Waals surface area contributed by atoms with Crippen molar-refractivity contribution in [3.63, 3.8) is 0 Å². The fraction of sp³-hybridized carbons (Fsp3) is 0.500. The van der Waals surface area contributed by atoms with Crippen LogP contribution in [-0.2, 0) is 11.2 Å². The summed E-state index contributed by atoms with van der Waals surface area (Å²) in [5.74, 6) is 0.562. The number of aromatic nitrogens is 1. The largest absolute Gasteiger partial charge is 0.348 e. The van der Waals surface area contributed by atoms with Gasteiger partial charge in [-0.05, 0) is 51.3 Å². The van der Waals surface area contributed by atoms with Gasteiger partial charge in [0.2, 0.25) is 0 Å². The van der Waals surface area contributed by atoms with Gasteiger partial charge in [-0.2, -0.15) is 0 Å². The highest BCUT2D eigenvalue weighted by Crippen LogP contribution is 2.32. The highest BCUT2D eigenvalue weighted by Gasteiger charge is 2.25. The third-order valence-electron chi connectivity index (χ3n) is 5.07. The smallest absolute Gasteiger partial charge is 0.265 e. The van der Waals surface area contributed by atoms with E-state index in [0.717, 1.165) is 55.6 Å². The third-order valence-corrected chi connectivity index (χ3v) is 5.07. The summed E-state index contributed by atoms with van der Waals surface area (Å²) in [6.07, 6.45) is 8.42. The topological polar surface area (TPSA) is 70.0 Å². The molecule has 0 fully saturated rings. The minimum atomic E-state index is -0.135. The van der Waals surface area contributed by atoms with Crippen LogP contribution in [0.4, 0.5) is 5.69 Å². The SMILES string of the molecule is C=C(C)C(/N=C(\C)C(=O)NC(CCC)CCC)=C(\N=C/C)N1CCc2ncccc21. The molecule has 1 aliphatic heterocycles. The zero-order valence-corrected chi connectivity index (χ0v) is 19.0. The molecule has 0 bridgehead atoms. The number of amides is 1. The molecule has 1 aliphatic rings. The minimum Gasteiger partial charge on any atom is -0.348 e. The average Bonchev–Trinajstić information content (AvgIpc) is 3.14. The lowest BCUT2D eigenvalue weighted by atomic mass is 10.1. The molecule has 1 aromatic heterocycles. The standard InChI is InChI=1S/C24H35N5O/c1-7-11-19(12-8-2)28-24(30)18(6)27-22(17(4)5)23(25-9-3)29-16-14-20-21(29)13-10-15-26-20/h9-10,13,15,19H,4,7-8,11-12,14,16H2,1-3,5-6H3,(H,28,30)/b23-22-,25-9-,27-18+. The Hall–Kier alpha value is -2.76. The number of nitrogens with one attached hydrogen (secondary N) is 1. The zero-order valence-electron chi connectivity index (χ0n) is 19.0. The van der Waals surface area contributed by atoms with Crippen LogP contribution in [0.25, 0.3) is 0 Å². The number of anilines is 1. The lowest BCUT2D eigenvalue weighted by Crippen LogP contribution is -2.38. The Labute approximate surface area is 180 Å². The number of pyridine rings is 1. The maximum Gasteiger partial charge on any atom is 0.265 e. The molecular weight excluding hydrogens is 374 g/mol. The van der Waals surface area contributed by atoms with E-state index >= 15 is 0 Å². The summed E-state index contributed by atoms with van der Waals surface area (Å²) in [6, 6.07) is 4.15. The maximum absolute atomic E-state index is 12.8. The van der Waals surface area contributed by atoms with Crippen molar-refractivity contribution in [3.05, 3.63) is 47.7 Å². The van der Waals surface area contributed by atoms with E-state index in [4.69, 9.17) is 4.99 Å². The Bertz CT molecular complexity index is 847. The van der Waals surface area contributed by atoms with Crippen LogP contribution in [-0.4, -0.2) is 35.4 Å². The molecule has 6 heteroatoms. The first-order valence-corrected chi connectivity index (χ1v) is 10.9. The van der Waals surface area contributed by atoms with Crippen LogP contribution in [0, 0.1) is 0 Å². The molecule has 2 rings (SSSR count). The van der Waals surface area contributed by atoms with E-state index in [0.29, 0.717) is 17.2 Å². The number of carbonyl (C=O) groups is 1.